The monoisotopic (exact) mass is 468 g/mol. The van der Waals surface area contributed by atoms with Gasteiger partial charge in [0.25, 0.3) is 0 Å². The average Bonchev–Trinajstić information content (AvgIpc) is 3.27. The molecule has 1 saturated carbocycles. The number of aromatic nitrogens is 1. The summed E-state index contributed by atoms with van der Waals surface area (Å²) in [5, 5.41) is 11.1. The average molecular weight is 469 g/mol. The van der Waals surface area contributed by atoms with Crippen LogP contribution < -0.4 is 0 Å². The summed E-state index contributed by atoms with van der Waals surface area (Å²) in [7, 11) is 0. The standard InChI is InChI=1S/C31H36N2O2/c1-6-13-21(3)23(5)33(28-18-10-8-16-26(28)24-14-12-15-24)25(7-2)20-29(34)22(4)31-32-27-17-9-11-19-30(27)35-31/h6-11,13,16-20,24,26,28,34H,4,12,14-15H2,1-3,5H3/b13-6-,23-21+,25-7+,29-20+. The third kappa shape index (κ3) is 5.12. The van der Waals surface area contributed by atoms with Gasteiger partial charge in [-0.3, -0.25) is 0 Å². The third-order valence-corrected chi connectivity index (χ3v) is 7.21. The summed E-state index contributed by atoms with van der Waals surface area (Å²) < 4.78 is 5.85. The highest BCUT2D eigenvalue weighted by molar-refractivity contribution is 5.78. The molecule has 1 aromatic heterocycles. The Morgan fingerprint density at radius 3 is 2.54 bits per heavy atom. The maximum Gasteiger partial charge on any atom is 0.230 e. The second kappa shape index (κ2) is 10.8. The molecule has 1 heterocycles. The maximum absolute atomic E-state index is 11.1. The number of aliphatic hydroxyl groups excluding tert-OH is 1. The lowest BCUT2D eigenvalue weighted by Crippen LogP contribution is -2.42. The van der Waals surface area contributed by atoms with Gasteiger partial charge in [-0.1, -0.05) is 67.7 Å². The van der Waals surface area contributed by atoms with Crippen LogP contribution in [0.4, 0.5) is 0 Å². The number of allylic oxidation sites excluding steroid dienone is 9. The van der Waals surface area contributed by atoms with E-state index < -0.39 is 0 Å². The van der Waals surface area contributed by atoms with Gasteiger partial charge in [0.05, 0.1) is 11.6 Å². The molecule has 2 aromatic rings. The summed E-state index contributed by atoms with van der Waals surface area (Å²) in [5.41, 5.74) is 5.03. The van der Waals surface area contributed by atoms with Crippen molar-refractivity contribution >= 4 is 16.7 Å². The Hall–Kier alpha value is -3.53. The molecule has 0 saturated heterocycles. The molecule has 1 aromatic carbocycles. The normalized spacial score (nSPS) is 21.9. The van der Waals surface area contributed by atoms with Crippen LogP contribution in [0.3, 0.4) is 0 Å². The van der Waals surface area contributed by atoms with E-state index in [9.17, 15) is 5.11 Å². The minimum absolute atomic E-state index is 0.0432. The minimum atomic E-state index is 0.0432. The first-order chi connectivity index (χ1) is 16.9. The second-order valence-corrected chi connectivity index (χ2v) is 9.38. The molecule has 0 aliphatic heterocycles. The van der Waals surface area contributed by atoms with Crippen LogP contribution in [0.5, 0.6) is 0 Å². The first kappa shape index (κ1) is 24.6. The van der Waals surface area contributed by atoms with Gasteiger partial charge in [-0.15, -0.1) is 0 Å². The number of hydrogen-bond donors (Lipinski definition) is 1. The number of benzene rings is 1. The van der Waals surface area contributed by atoms with E-state index in [1.165, 1.54) is 24.8 Å². The molecule has 4 rings (SSSR count). The lowest BCUT2D eigenvalue weighted by atomic mass is 9.71. The lowest BCUT2D eigenvalue weighted by Gasteiger charge is -2.44. The highest BCUT2D eigenvalue weighted by Gasteiger charge is 2.35. The first-order valence-corrected chi connectivity index (χ1v) is 12.5. The molecule has 35 heavy (non-hydrogen) atoms. The van der Waals surface area contributed by atoms with Crippen LogP contribution in [-0.2, 0) is 0 Å². The van der Waals surface area contributed by atoms with Crippen LogP contribution in [-0.4, -0.2) is 21.0 Å². The number of aliphatic hydroxyl groups is 1. The molecule has 2 aliphatic rings. The van der Waals surface area contributed by atoms with Gasteiger partial charge in [0.2, 0.25) is 5.89 Å². The van der Waals surface area contributed by atoms with Gasteiger partial charge in [0.15, 0.2) is 5.58 Å². The molecule has 0 radical (unpaired) electrons. The topological polar surface area (TPSA) is 49.5 Å². The zero-order valence-corrected chi connectivity index (χ0v) is 21.2. The van der Waals surface area contributed by atoms with E-state index >= 15 is 0 Å². The molecule has 0 spiro atoms. The van der Waals surface area contributed by atoms with Crippen LogP contribution in [0, 0.1) is 11.8 Å². The van der Waals surface area contributed by atoms with Crippen LogP contribution in [0.2, 0.25) is 0 Å². The molecule has 2 atom stereocenters. The molecule has 2 aliphatic carbocycles. The molecule has 1 fully saturated rings. The first-order valence-electron chi connectivity index (χ1n) is 12.5. The van der Waals surface area contributed by atoms with E-state index in [-0.39, 0.29) is 11.8 Å². The summed E-state index contributed by atoms with van der Waals surface area (Å²) >= 11 is 0. The number of rotatable bonds is 8. The van der Waals surface area contributed by atoms with Gasteiger partial charge in [0.1, 0.15) is 11.3 Å². The molecule has 0 amide bonds. The fourth-order valence-corrected chi connectivity index (χ4v) is 4.91. The molecular weight excluding hydrogens is 432 g/mol. The largest absolute Gasteiger partial charge is 0.507 e. The van der Waals surface area contributed by atoms with Crippen LogP contribution in [0.25, 0.3) is 16.7 Å². The highest BCUT2D eigenvalue weighted by Crippen LogP contribution is 2.41. The van der Waals surface area contributed by atoms with E-state index in [2.05, 4.69) is 66.8 Å². The fourth-order valence-electron chi connectivity index (χ4n) is 4.91. The number of nitrogens with zero attached hydrogens (tertiary/aromatic N) is 2. The molecule has 1 N–H and O–H groups in total. The van der Waals surface area contributed by atoms with Crippen LogP contribution in [0.1, 0.15) is 52.8 Å². The SMILES string of the molecule is C=C(/C(O)=C\C(=C/C)N(/C(C)=C(C)/C=C\C)C1C=CC=CC1C1CCC1)c1nc2ccccc2o1. The van der Waals surface area contributed by atoms with Crippen molar-refractivity contribution in [2.75, 3.05) is 0 Å². The number of fused-ring (bicyclic) bond motifs is 1. The molecule has 0 bridgehead atoms. The Morgan fingerprint density at radius 1 is 1.14 bits per heavy atom. The second-order valence-electron chi connectivity index (χ2n) is 9.38. The Morgan fingerprint density at radius 2 is 1.89 bits per heavy atom. The van der Waals surface area contributed by atoms with Crippen molar-refractivity contribution in [1.82, 2.24) is 9.88 Å². The Labute approximate surface area is 209 Å². The van der Waals surface area contributed by atoms with E-state index in [1.807, 2.05) is 44.2 Å². The fraction of sp³-hybridized carbons (Fsp3) is 0.323. The van der Waals surface area contributed by atoms with Crippen molar-refractivity contribution in [1.29, 1.82) is 0 Å². The molecule has 2 unspecified atom stereocenters. The van der Waals surface area contributed by atoms with Crippen LogP contribution >= 0.6 is 0 Å². The summed E-state index contributed by atoms with van der Waals surface area (Å²) in [6, 6.07) is 7.73. The summed E-state index contributed by atoms with van der Waals surface area (Å²) in [6.45, 7) is 12.4. The molecule has 4 heteroatoms. The van der Waals surface area contributed by atoms with Gasteiger partial charge in [-0.25, -0.2) is 4.98 Å². The molecule has 4 nitrogen and oxygen atoms in total. The lowest BCUT2D eigenvalue weighted by molar-refractivity contribution is 0.171. The Balaban J connectivity index is 1.72. The van der Waals surface area contributed by atoms with Crippen molar-refractivity contribution in [3.8, 4) is 0 Å². The van der Waals surface area contributed by atoms with Crippen molar-refractivity contribution in [2.45, 2.75) is 53.0 Å². The summed E-state index contributed by atoms with van der Waals surface area (Å²) in [5.74, 6) is 1.48. The molecule has 182 valence electrons. The van der Waals surface area contributed by atoms with Gasteiger partial charge in [-0.2, -0.15) is 0 Å². The summed E-state index contributed by atoms with van der Waals surface area (Å²) in [6.07, 6.45) is 20.8. The van der Waals surface area contributed by atoms with Gasteiger partial charge in [0, 0.05) is 23.4 Å². The quantitative estimate of drug-likeness (QED) is 0.313. The van der Waals surface area contributed by atoms with E-state index in [0.29, 0.717) is 28.9 Å². The zero-order chi connectivity index (χ0) is 24.9. The Bertz CT molecular complexity index is 1230. The van der Waals surface area contributed by atoms with Crippen molar-refractivity contribution in [3.63, 3.8) is 0 Å². The minimum Gasteiger partial charge on any atom is -0.507 e. The number of oxazole rings is 1. The highest BCUT2D eigenvalue weighted by atomic mass is 16.4. The molecular formula is C31H36N2O2. The van der Waals surface area contributed by atoms with E-state index in [0.717, 1.165) is 16.9 Å². The van der Waals surface area contributed by atoms with Crippen LogP contribution in [0.15, 0.2) is 107 Å². The predicted octanol–water partition coefficient (Wildman–Crippen LogP) is 8.27. The smallest absolute Gasteiger partial charge is 0.230 e. The maximum atomic E-state index is 11.1. The number of hydrogen-bond acceptors (Lipinski definition) is 4. The van der Waals surface area contributed by atoms with E-state index in [4.69, 9.17) is 4.42 Å². The third-order valence-electron chi connectivity index (χ3n) is 7.21. The number of para-hydroxylation sites is 2. The van der Waals surface area contributed by atoms with Gasteiger partial charge < -0.3 is 14.4 Å². The Kier molecular flexibility index (Phi) is 7.60. The van der Waals surface area contributed by atoms with Gasteiger partial charge >= 0.3 is 0 Å². The summed E-state index contributed by atoms with van der Waals surface area (Å²) in [4.78, 5) is 6.86. The van der Waals surface area contributed by atoms with E-state index in [1.54, 1.807) is 6.08 Å². The van der Waals surface area contributed by atoms with Crippen molar-refractivity contribution in [2.24, 2.45) is 11.8 Å². The van der Waals surface area contributed by atoms with Gasteiger partial charge in [-0.05, 0) is 64.2 Å². The predicted molar refractivity (Wildman–Crippen MR) is 145 cm³/mol. The van der Waals surface area contributed by atoms with Crippen molar-refractivity contribution < 1.29 is 9.52 Å². The zero-order valence-electron chi connectivity index (χ0n) is 21.2. The van der Waals surface area contributed by atoms with Crippen molar-refractivity contribution in [3.05, 3.63) is 108 Å².